The molecule has 3 rings (SSSR count). The van der Waals surface area contributed by atoms with Crippen molar-refractivity contribution in [1.29, 1.82) is 0 Å². The lowest BCUT2D eigenvalue weighted by atomic mass is 10.2. The molecule has 2 aromatic carbocycles. The SMILES string of the molecule is Cc1ccc(NC(=O)Nc2c(C)nc(Oc3ccccc3F)nc2C)cc1F. The summed E-state index contributed by atoms with van der Waals surface area (Å²) >= 11 is 0. The quantitative estimate of drug-likeness (QED) is 0.655. The number of ether oxygens (including phenoxy) is 1. The zero-order valence-electron chi connectivity index (χ0n) is 15.5. The number of para-hydroxylation sites is 1. The third kappa shape index (κ3) is 4.40. The number of hydrogen-bond acceptors (Lipinski definition) is 4. The number of anilines is 2. The van der Waals surface area contributed by atoms with E-state index >= 15 is 0 Å². The van der Waals surface area contributed by atoms with Gasteiger partial charge in [-0.1, -0.05) is 18.2 Å². The van der Waals surface area contributed by atoms with Gasteiger partial charge < -0.3 is 15.4 Å². The van der Waals surface area contributed by atoms with Crippen molar-refractivity contribution in [3.05, 3.63) is 71.1 Å². The van der Waals surface area contributed by atoms with Crippen LogP contribution in [0.2, 0.25) is 0 Å². The molecule has 0 atom stereocenters. The van der Waals surface area contributed by atoms with Crippen LogP contribution in [0.15, 0.2) is 42.5 Å². The first kappa shape index (κ1) is 19.2. The third-order valence-corrected chi connectivity index (χ3v) is 3.96. The fourth-order valence-electron chi connectivity index (χ4n) is 2.48. The number of rotatable bonds is 4. The molecule has 144 valence electrons. The van der Waals surface area contributed by atoms with Crippen LogP contribution in [0.1, 0.15) is 17.0 Å². The lowest BCUT2D eigenvalue weighted by Crippen LogP contribution is -2.21. The summed E-state index contributed by atoms with van der Waals surface area (Å²) in [5, 5.41) is 5.18. The number of halogens is 2. The maximum absolute atomic E-state index is 13.7. The van der Waals surface area contributed by atoms with E-state index in [0.717, 1.165) is 0 Å². The van der Waals surface area contributed by atoms with E-state index in [1.165, 1.54) is 18.2 Å². The monoisotopic (exact) mass is 384 g/mol. The number of carbonyl (C=O) groups excluding carboxylic acids is 1. The standard InChI is InChI=1S/C20H18F2N4O2/c1-11-8-9-14(10-16(11)22)25-19(27)26-18-12(2)23-20(24-13(18)3)28-17-7-5-4-6-15(17)21/h4-10H,1-3H3,(H2,25,26,27). The molecule has 1 aromatic heterocycles. The van der Waals surface area contributed by atoms with Gasteiger partial charge in [0.15, 0.2) is 11.6 Å². The number of hydrogen-bond donors (Lipinski definition) is 2. The summed E-state index contributed by atoms with van der Waals surface area (Å²) in [4.78, 5) is 20.5. The molecule has 6 nitrogen and oxygen atoms in total. The number of nitrogens with one attached hydrogen (secondary N) is 2. The van der Waals surface area contributed by atoms with Crippen LogP contribution >= 0.6 is 0 Å². The molecule has 2 amide bonds. The number of aryl methyl sites for hydroxylation is 3. The van der Waals surface area contributed by atoms with Gasteiger partial charge in [0.25, 0.3) is 0 Å². The average Bonchev–Trinajstić information content (AvgIpc) is 2.63. The van der Waals surface area contributed by atoms with Gasteiger partial charge in [0.2, 0.25) is 0 Å². The van der Waals surface area contributed by atoms with Gasteiger partial charge >= 0.3 is 12.0 Å². The van der Waals surface area contributed by atoms with Crippen molar-refractivity contribution in [2.24, 2.45) is 0 Å². The topological polar surface area (TPSA) is 76.1 Å². The highest BCUT2D eigenvalue weighted by Crippen LogP contribution is 2.25. The van der Waals surface area contributed by atoms with Gasteiger partial charge in [-0.3, -0.25) is 0 Å². The predicted molar refractivity (Wildman–Crippen MR) is 102 cm³/mol. The Morgan fingerprint density at radius 1 is 0.929 bits per heavy atom. The number of carbonyl (C=O) groups is 1. The van der Waals surface area contributed by atoms with Crippen molar-refractivity contribution in [3.63, 3.8) is 0 Å². The Labute approximate surface area is 160 Å². The van der Waals surface area contributed by atoms with E-state index in [2.05, 4.69) is 20.6 Å². The molecule has 0 saturated carbocycles. The van der Waals surface area contributed by atoms with Crippen molar-refractivity contribution >= 4 is 17.4 Å². The molecular weight excluding hydrogens is 366 g/mol. The highest BCUT2D eigenvalue weighted by atomic mass is 19.1. The summed E-state index contributed by atoms with van der Waals surface area (Å²) in [6.07, 6.45) is 0. The van der Waals surface area contributed by atoms with Crippen LogP contribution in [0.4, 0.5) is 25.0 Å². The number of amides is 2. The van der Waals surface area contributed by atoms with Crippen LogP contribution < -0.4 is 15.4 Å². The summed E-state index contributed by atoms with van der Waals surface area (Å²) in [6, 6.07) is 9.70. The molecule has 0 aliphatic heterocycles. The van der Waals surface area contributed by atoms with E-state index in [9.17, 15) is 13.6 Å². The molecule has 0 unspecified atom stereocenters. The normalized spacial score (nSPS) is 10.5. The molecule has 0 bridgehead atoms. The van der Waals surface area contributed by atoms with Crippen LogP contribution in [0.25, 0.3) is 0 Å². The Hall–Kier alpha value is -3.55. The fraction of sp³-hybridized carbons (Fsp3) is 0.150. The average molecular weight is 384 g/mol. The van der Waals surface area contributed by atoms with Gasteiger partial charge in [-0.15, -0.1) is 0 Å². The Balaban J connectivity index is 1.74. The Morgan fingerprint density at radius 2 is 1.61 bits per heavy atom. The Bertz CT molecular complexity index is 1020. The zero-order chi connectivity index (χ0) is 20.3. The van der Waals surface area contributed by atoms with Crippen molar-refractivity contribution in [1.82, 2.24) is 9.97 Å². The van der Waals surface area contributed by atoms with E-state index in [4.69, 9.17) is 4.74 Å². The maximum atomic E-state index is 13.7. The number of nitrogens with zero attached hydrogens (tertiary/aromatic N) is 2. The first-order valence-electron chi connectivity index (χ1n) is 8.45. The number of benzene rings is 2. The lowest BCUT2D eigenvalue weighted by Gasteiger charge is -2.13. The predicted octanol–water partition coefficient (Wildman–Crippen LogP) is 5.12. The second kappa shape index (κ2) is 7.99. The number of urea groups is 1. The van der Waals surface area contributed by atoms with E-state index in [1.54, 1.807) is 45.0 Å². The third-order valence-electron chi connectivity index (χ3n) is 3.96. The van der Waals surface area contributed by atoms with Gasteiger partial charge in [-0.05, 0) is 50.6 Å². The van der Waals surface area contributed by atoms with Crippen molar-refractivity contribution in [2.45, 2.75) is 20.8 Å². The van der Waals surface area contributed by atoms with Crippen LogP contribution in [-0.4, -0.2) is 16.0 Å². The van der Waals surface area contributed by atoms with Crippen LogP contribution in [-0.2, 0) is 0 Å². The summed E-state index contributed by atoms with van der Waals surface area (Å²) in [6.45, 7) is 4.95. The summed E-state index contributed by atoms with van der Waals surface area (Å²) in [7, 11) is 0. The minimum Gasteiger partial charge on any atom is -0.421 e. The molecule has 2 N–H and O–H groups in total. The minimum absolute atomic E-state index is 0.00106. The van der Waals surface area contributed by atoms with E-state index in [-0.39, 0.29) is 11.8 Å². The summed E-state index contributed by atoms with van der Waals surface area (Å²) in [5.41, 5.74) is 2.05. The first-order chi connectivity index (χ1) is 13.3. The van der Waals surface area contributed by atoms with Crippen molar-refractivity contribution < 1.29 is 18.3 Å². The molecule has 1 heterocycles. The Morgan fingerprint density at radius 3 is 2.25 bits per heavy atom. The molecule has 0 radical (unpaired) electrons. The maximum Gasteiger partial charge on any atom is 0.323 e. The number of aromatic nitrogens is 2. The molecule has 0 spiro atoms. The van der Waals surface area contributed by atoms with Crippen LogP contribution in [0.3, 0.4) is 0 Å². The van der Waals surface area contributed by atoms with E-state index in [1.807, 2.05) is 0 Å². The lowest BCUT2D eigenvalue weighted by molar-refractivity contribution is 0.262. The molecule has 0 saturated heterocycles. The second-order valence-corrected chi connectivity index (χ2v) is 6.13. The van der Waals surface area contributed by atoms with Gasteiger partial charge in [0, 0.05) is 5.69 Å². The molecule has 8 heteroatoms. The molecular formula is C20H18F2N4O2. The molecule has 0 aliphatic carbocycles. The van der Waals surface area contributed by atoms with Crippen molar-refractivity contribution in [3.8, 4) is 11.8 Å². The smallest absolute Gasteiger partial charge is 0.323 e. The van der Waals surface area contributed by atoms with Gasteiger partial charge in [-0.2, -0.15) is 9.97 Å². The summed E-state index contributed by atoms with van der Waals surface area (Å²) in [5.74, 6) is -0.947. The van der Waals surface area contributed by atoms with Gasteiger partial charge in [-0.25, -0.2) is 13.6 Å². The van der Waals surface area contributed by atoms with Crippen LogP contribution in [0, 0.1) is 32.4 Å². The van der Waals surface area contributed by atoms with E-state index < -0.39 is 17.7 Å². The van der Waals surface area contributed by atoms with Crippen LogP contribution in [0.5, 0.6) is 11.8 Å². The summed E-state index contributed by atoms with van der Waals surface area (Å²) < 4.78 is 32.7. The molecule has 0 fully saturated rings. The molecule has 3 aromatic rings. The highest BCUT2D eigenvalue weighted by molar-refractivity contribution is 6.00. The second-order valence-electron chi connectivity index (χ2n) is 6.13. The highest BCUT2D eigenvalue weighted by Gasteiger charge is 2.14. The van der Waals surface area contributed by atoms with E-state index in [0.29, 0.717) is 28.3 Å². The first-order valence-corrected chi connectivity index (χ1v) is 8.45. The zero-order valence-corrected chi connectivity index (χ0v) is 15.5. The van der Waals surface area contributed by atoms with Gasteiger partial charge in [0.1, 0.15) is 5.82 Å². The Kier molecular flexibility index (Phi) is 5.49. The fourth-order valence-corrected chi connectivity index (χ4v) is 2.48. The minimum atomic E-state index is -0.569. The van der Waals surface area contributed by atoms with Crippen molar-refractivity contribution in [2.75, 3.05) is 10.6 Å². The largest absolute Gasteiger partial charge is 0.421 e. The molecule has 0 aliphatic rings. The molecule has 28 heavy (non-hydrogen) atoms. The van der Waals surface area contributed by atoms with Gasteiger partial charge in [0.05, 0.1) is 17.1 Å².